The van der Waals surface area contributed by atoms with Crippen molar-refractivity contribution in [3.05, 3.63) is 0 Å². The quantitative estimate of drug-likeness (QED) is 0.730. The average molecular weight is 196 g/mol. The summed E-state index contributed by atoms with van der Waals surface area (Å²) in [6, 6.07) is 0. The number of hydrogen-bond acceptors (Lipinski definition) is 2. The van der Waals surface area contributed by atoms with E-state index in [1.165, 1.54) is 25.7 Å². The second kappa shape index (κ2) is 3.49. The van der Waals surface area contributed by atoms with Gasteiger partial charge in [0.15, 0.2) is 0 Å². The Morgan fingerprint density at radius 2 is 1.86 bits per heavy atom. The topological polar surface area (TPSA) is 29.5 Å². The average Bonchev–Trinajstić information content (AvgIpc) is 2.72. The molecule has 3 aliphatic rings. The van der Waals surface area contributed by atoms with Gasteiger partial charge in [0.1, 0.15) is 0 Å². The van der Waals surface area contributed by atoms with E-state index in [9.17, 15) is 5.11 Å². The third-order valence-corrected chi connectivity index (χ3v) is 4.55. The van der Waals surface area contributed by atoms with Crippen molar-refractivity contribution in [2.45, 2.75) is 38.2 Å². The maximum Gasteiger partial charge on any atom is 0.0624 e. The van der Waals surface area contributed by atoms with Crippen molar-refractivity contribution < 1.29 is 9.84 Å². The van der Waals surface area contributed by atoms with E-state index < -0.39 is 0 Å². The van der Waals surface area contributed by atoms with E-state index in [2.05, 4.69) is 0 Å². The van der Waals surface area contributed by atoms with Gasteiger partial charge in [0.25, 0.3) is 0 Å². The van der Waals surface area contributed by atoms with Gasteiger partial charge in [-0.25, -0.2) is 0 Å². The summed E-state index contributed by atoms with van der Waals surface area (Å²) in [5.74, 6) is 2.86. The monoisotopic (exact) mass is 196 g/mol. The summed E-state index contributed by atoms with van der Waals surface area (Å²) in [7, 11) is 0. The lowest BCUT2D eigenvalue weighted by molar-refractivity contribution is -0.0221. The van der Waals surface area contributed by atoms with Crippen LogP contribution in [0.4, 0.5) is 0 Å². The Balaban J connectivity index is 1.57. The highest BCUT2D eigenvalue weighted by atomic mass is 16.5. The highest BCUT2D eigenvalue weighted by Crippen LogP contribution is 2.60. The van der Waals surface area contributed by atoms with Gasteiger partial charge >= 0.3 is 0 Å². The van der Waals surface area contributed by atoms with Gasteiger partial charge < -0.3 is 9.84 Å². The fourth-order valence-corrected chi connectivity index (χ4v) is 3.73. The SMILES string of the molecule is OC(C1CCCOC1)C1C2CCCC21. The molecule has 0 radical (unpaired) electrons. The molecule has 0 spiro atoms. The lowest BCUT2D eigenvalue weighted by Gasteiger charge is -2.27. The normalized spacial score (nSPS) is 48.6. The molecule has 2 nitrogen and oxygen atoms in total. The van der Waals surface area contributed by atoms with Gasteiger partial charge in [0.05, 0.1) is 12.7 Å². The fraction of sp³-hybridized carbons (Fsp3) is 1.00. The zero-order valence-corrected chi connectivity index (χ0v) is 8.69. The molecule has 0 amide bonds. The third kappa shape index (κ3) is 1.40. The van der Waals surface area contributed by atoms with Gasteiger partial charge in [-0.3, -0.25) is 0 Å². The Morgan fingerprint density at radius 3 is 2.50 bits per heavy atom. The first-order valence-electron chi connectivity index (χ1n) is 6.14. The van der Waals surface area contributed by atoms with Crippen LogP contribution in [0.25, 0.3) is 0 Å². The summed E-state index contributed by atoms with van der Waals surface area (Å²) in [4.78, 5) is 0. The number of ether oxygens (including phenoxy) is 1. The molecule has 0 bridgehead atoms. The molecule has 0 aromatic carbocycles. The summed E-state index contributed by atoms with van der Waals surface area (Å²) >= 11 is 0. The lowest BCUT2D eigenvalue weighted by Crippen LogP contribution is -2.31. The first kappa shape index (κ1) is 9.17. The highest BCUT2D eigenvalue weighted by Gasteiger charge is 2.56. The van der Waals surface area contributed by atoms with Crippen LogP contribution >= 0.6 is 0 Å². The minimum absolute atomic E-state index is 0.0504. The molecule has 14 heavy (non-hydrogen) atoms. The smallest absolute Gasteiger partial charge is 0.0624 e. The first-order valence-corrected chi connectivity index (χ1v) is 6.14. The second-order valence-corrected chi connectivity index (χ2v) is 5.30. The van der Waals surface area contributed by atoms with Gasteiger partial charge in [0.2, 0.25) is 0 Å². The Bertz CT molecular complexity index is 198. The van der Waals surface area contributed by atoms with Crippen LogP contribution in [0.15, 0.2) is 0 Å². The van der Waals surface area contributed by atoms with Gasteiger partial charge in [-0.2, -0.15) is 0 Å². The molecule has 2 heteroatoms. The van der Waals surface area contributed by atoms with Crippen molar-refractivity contribution in [2.24, 2.45) is 23.7 Å². The Kier molecular flexibility index (Phi) is 2.29. The van der Waals surface area contributed by atoms with Crippen LogP contribution < -0.4 is 0 Å². The zero-order chi connectivity index (χ0) is 9.54. The van der Waals surface area contributed by atoms with E-state index in [0.717, 1.165) is 31.5 Å². The van der Waals surface area contributed by atoms with Crippen LogP contribution in [0.1, 0.15) is 32.1 Å². The molecular formula is C12H20O2. The number of rotatable bonds is 2. The molecule has 2 aliphatic carbocycles. The molecular weight excluding hydrogens is 176 g/mol. The molecule has 2 saturated carbocycles. The van der Waals surface area contributed by atoms with Crippen molar-refractivity contribution in [1.82, 2.24) is 0 Å². The highest BCUT2D eigenvalue weighted by molar-refractivity contribution is 5.05. The maximum atomic E-state index is 10.2. The Labute approximate surface area is 85.6 Å². The van der Waals surface area contributed by atoms with Crippen LogP contribution in [0, 0.1) is 23.7 Å². The van der Waals surface area contributed by atoms with Gasteiger partial charge in [-0.1, -0.05) is 6.42 Å². The Hall–Kier alpha value is -0.0800. The molecule has 80 valence electrons. The molecule has 1 N–H and O–H groups in total. The third-order valence-electron chi connectivity index (χ3n) is 4.55. The second-order valence-electron chi connectivity index (χ2n) is 5.30. The van der Waals surface area contributed by atoms with Crippen LogP contribution in [-0.2, 0) is 4.74 Å². The lowest BCUT2D eigenvalue weighted by atomic mass is 9.90. The fourth-order valence-electron chi connectivity index (χ4n) is 3.73. The molecule has 0 aromatic heterocycles. The predicted molar refractivity (Wildman–Crippen MR) is 53.9 cm³/mol. The molecule has 4 atom stereocenters. The number of aliphatic hydroxyl groups excluding tert-OH is 1. The molecule has 3 fully saturated rings. The van der Waals surface area contributed by atoms with E-state index in [4.69, 9.17) is 4.74 Å². The standard InChI is InChI=1S/C12H20O2/c13-12(8-3-2-6-14-7-8)11-9-4-1-5-10(9)11/h8-13H,1-7H2. The van der Waals surface area contributed by atoms with Crippen LogP contribution in [0.3, 0.4) is 0 Å². The number of fused-ring (bicyclic) bond motifs is 1. The molecule has 1 saturated heterocycles. The van der Waals surface area contributed by atoms with E-state index in [1.807, 2.05) is 0 Å². The summed E-state index contributed by atoms with van der Waals surface area (Å²) in [5, 5.41) is 10.2. The minimum atomic E-state index is -0.0504. The predicted octanol–water partition coefficient (Wildman–Crippen LogP) is 1.82. The molecule has 4 unspecified atom stereocenters. The largest absolute Gasteiger partial charge is 0.392 e. The van der Waals surface area contributed by atoms with E-state index in [1.54, 1.807) is 0 Å². The molecule has 3 rings (SSSR count). The van der Waals surface area contributed by atoms with Crippen molar-refractivity contribution in [3.63, 3.8) is 0 Å². The maximum absolute atomic E-state index is 10.2. The van der Waals surface area contributed by atoms with Gasteiger partial charge in [-0.05, 0) is 43.4 Å². The molecule has 0 aromatic rings. The summed E-state index contributed by atoms with van der Waals surface area (Å²) in [6.07, 6.45) is 6.42. The summed E-state index contributed by atoms with van der Waals surface area (Å²) in [5.41, 5.74) is 0. The van der Waals surface area contributed by atoms with Crippen LogP contribution in [-0.4, -0.2) is 24.4 Å². The van der Waals surface area contributed by atoms with Crippen LogP contribution in [0.5, 0.6) is 0 Å². The molecule has 1 heterocycles. The molecule has 1 aliphatic heterocycles. The van der Waals surface area contributed by atoms with Crippen molar-refractivity contribution in [2.75, 3.05) is 13.2 Å². The van der Waals surface area contributed by atoms with Gasteiger partial charge in [-0.15, -0.1) is 0 Å². The van der Waals surface area contributed by atoms with E-state index in [-0.39, 0.29) is 6.10 Å². The van der Waals surface area contributed by atoms with E-state index in [0.29, 0.717) is 11.8 Å². The number of hydrogen-bond donors (Lipinski definition) is 1. The number of aliphatic hydroxyl groups is 1. The van der Waals surface area contributed by atoms with Crippen molar-refractivity contribution >= 4 is 0 Å². The summed E-state index contributed by atoms with van der Waals surface area (Å²) in [6.45, 7) is 1.71. The van der Waals surface area contributed by atoms with Gasteiger partial charge in [0, 0.05) is 12.5 Å². The minimum Gasteiger partial charge on any atom is -0.392 e. The summed E-state index contributed by atoms with van der Waals surface area (Å²) < 4.78 is 5.44. The Morgan fingerprint density at radius 1 is 1.07 bits per heavy atom. The zero-order valence-electron chi connectivity index (χ0n) is 8.69. The van der Waals surface area contributed by atoms with Crippen molar-refractivity contribution in [3.8, 4) is 0 Å². The van der Waals surface area contributed by atoms with Crippen molar-refractivity contribution in [1.29, 1.82) is 0 Å². The first-order chi connectivity index (χ1) is 6.88. The van der Waals surface area contributed by atoms with E-state index >= 15 is 0 Å². The van der Waals surface area contributed by atoms with Crippen LogP contribution in [0.2, 0.25) is 0 Å².